The molecule has 1 aliphatic carbocycles. The molecule has 0 aromatic carbocycles. The number of rotatable bonds is 3. The van der Waals surface area contributed by atoms with E-state index in [2.05, 4.69) is 22.1 Å². The highest BCUT2D eigenvalue weighted by Gasteiger charge is 2.19. The van der Waals surface area contributed by atoms with Gasteiger partial charge in [0.15, 0.2) is 0 Å². The third kappa shape index (κ3) is 3.08. The minimum Gasteiger partial charge on any atom is -0.384 e. The van der Waals surface area contributed by atoms with Crippen molar-refractivity contribution >= 4 is 5.91 Å². The Bertz CT molecular complexity index is 484. The topological polar surface area (TPSA) is 62.2 Å². The highest BCUT2D eigenvalue weighted by Crippen LogP contribution is 2.25. The van der Waals surface area contributed by atoms with Crippen molar-refractivity contribution in [3.05, 3.63) is 29.6 Å². The van der Waals surface area contributed by atoms with Crippen LogP contribution in [0, 0.1) is 17.8 Å². The molecule has 1 saturated carbocycles. The summed E-state index contributed by atoms with van der Waals surface area (Å²) in [5, 5.41) is 11.6. The summed E-state index contributed by atoms with van der Waals surface area (Å²) in [4.78, 5) is 16.0. The Hall–Kier alpha value is -1.86. The second-order valence-electron chi connectivity index (χ2n) is 4.37. The smallest absolute Gasteiger partial charge is 0.271 e. The molecule has 1 aromatic rings. The zero-order chi connectivity index (χ0) is 12.8. The van der Waals surface area contributed by atoms with E-state index < -0.39 is 0 Å². The van der Waals surface area contributed by atoms with Gasteiger partial charge in [-0.05, 0) is 30.9 Å². The first kappa shape index (κ1) is 12.6. The summed E-state index contributed by atoms with van der Waals surface area (Å²) in [6.45, 7) is 0.486. The van der Waals surface area contributed by atoms with Crippen LogP contribution in [0.15, 0.2) is 18.3 Å². The normalized spacial score (nSPS) is 14.3. The second kappa shape index (κ2) is 6.18. The third-order valence-corrected chi connectivity index (χ3v) is 3.10. The zero-order valence-corrected chi connectivity index (χ0v) is 10.1. The Balaban J connectivity index is 2.03. The average Bonchev–Trinajstić information content (AvgIpc) is 2.34. The van der Waals surface area contributed by atoms with Crippen molar-refractivity contribution in [3.63, 3.8) is 0 Å². The molecule has 0 aliphatic heterocycles. The highest BCUT2D eigenvalue weighted by molar-refractivity contribution is 5.94. The molecule has 1 aromatic heterocycles. The van der Waals surface area contributed by atoms with E-state index in [0.29, 0.717) is 23.7 Å². The second-order valence-corrected chi connectivity index (χ2v) is 4.37. The first-order valence-electron chi connectivity index (χ1n) is 6.14. The molecule has 2 N–H and O–H groups in total. The van der Waals surface area contributed by atoms with Crippen LogP contribution in [0.5, 0.6) is 0 Å². The first-order valence-corrected chi connectivity index (χ1v) is 6.14. The summed E-state index contributed by atoms with van der Waals surface area (Å²) in [6, 6.07) is 3.46. The summed E-state index contributed by atoms with van der Waals surface area (Å²) in [6.07, 6.45) is 5.22. The van der Waals surface area contributed by atoms with Gasteiger partial charge in [-0.1, -0.05) is 18.3 Å². The van der Waals surface area contributed by atoms with E-state index in [1.807, 2.05) is 0 Å². The van der Waals surface area contributed by atoms with Gasteiger partial charge >= 0.3 is 0 Å². The number of pyridine rings is 1. The Morgan fingerprint density at radius 3 is 3.06 bits per heavy atom. The molecule has 0 unspecified atom stereocenters. The van der Waals surface area contributed by atoms with Crippen LogP contribution < -0.4 is 5.32 Å². The van der Waals surface area contributed by atoms with Gasteiger partial charge < -0.3 is 10.4 Å². The standard InChI is InChI=1S/C14H16N2O2/c17-9-3-7-12-6-2-8-15-13(12)14(18)16-10-11-4-1-5-11/h2,6,8,11,17H,1,4-5,9-10H2,(H,16,18). The molecule has 0 bridgehead atoms. The summed E-state index contributed by atoms with van der Waals surface area (Å²) in [5.74, 6) is 5.69. The predicted octanol–water partition coefficient (Wildman–Crippen LogP) is 0.955. The number of hydrogen-bond acceptors (Lipinski definition) is 3. The third-order valence-electron chi connectivity index (χ3n) is 3.10. The summed E-state index contributed by atoms with van der Waals surface area (Å²) in [5.41, 5.74) is 0.885. The number of carbonyl (C=O) groups excluding carboxylic acids is 1. The van der Waals surface area contributed by atoms with E-state index >= 15 is 0 Å². The number of nitrogens with one attached hydrogen (secondary N) is 1. The summed E-state index contributed by atoms with van der Waals surface area (Å²) < 4.78 is 0. The molecule has 94 valence electrons. The molecule has 0 saturated heterocycles. The first-order chi connectivity index (χ1) is 8.81. The molecule has 4 nitrogen and oxygen atoms in total. The lowest BCUT2D eigenvalue weighted by atomic mass is 9.85. The van der Waals surface area contributed by atoms with Crippen LogP contribution in [0.25, 0.3) is 0 Å². The maximum absolute atomic E-state index is 12.0. The Kier molecular flexibility index (Phi) is 4.32. The molecule has 0 radical (unpaired) electrons. The van der Waals surface area contributed by atoms with E-state index in [9.17, 15) is 4.79 Å². The number of hydrogen-bond donors (Lipinski definition) is 2. The van der Waals surface area contributed by atoms with Crippen molar-refractivity contribution in [3.8, 4) is 11.8 Å². The average molecular weight is 244 g/mol. The van der Waals surface area contributed by atoms with Gasteiger partial charge in [0, 0.05) is 12.7 Å². The molecule has 0 atom stereocenters. The predicted molar refractivity (Wildman–Crippen MR) is 67.9 cm³/mol. The van der Waals surface area contributed by atoms with Crippen molar-refractivity contribution in [1.29, 1.82) is 0 Å². The van der Waals surface area contributed by atoms with E-state index in [1.165, 1.54) is 19.3 Å². The molecule has 4 heteroatoms. The van der Waals surface area contributed by atoms with Crippen LogP contribution in [0.4, 0.5) is 0 Å². The monoisotopic (exact) mass is 244 g/mol. The molecule has 2 rings (SSSR count). The van der Waals surface area contributed by atoms with Gasteiger partial charge in [-0.25, -0.2) is 4.98 Å². The summed E-state index contributed by atoms with van der Waals surface area (Å²) >= 11 is 0. The molecule has 0 spiro atoms. The maximum Gasteiger partial charge on any atom is 0.271 e. The lowest BCUT2D eigenvalue weighted by Crippen LogP contribution is -2.33. The Labute approximate surface area is 106 Å². The molecule has 1 amide bonds. The minimum absolute atomic E-state index is 0.190. The molecular weight excluding hydrogens is 228 g/mol. The largest absolute Gasteiger partial charge is 0.384 e. The highest BCUT2D eigenvalue weighted by atomic mass is 16.2. The maximum atomic E-state index is 12.0. The number of aliphatic hydroxyl groups is 1. The lowest BCUT2D eigenvalue weighted by Gasteiger charge is -2.25. The molecular formula is C14H16N2O2. The Morgan fingerprint density at radius 1 is 1.56 bits per heavy atom. The van der Waals surface area contributed by atoms with Gasteiger partial charge in [-0.15, -0.1) is 0 Å². The van der Waals surface area contributed by atoms with E-state index in [4.69, 9.17) is 5.11 Å². The van der Waals surface area contributed by atoms with Crippen LogP contribution in [0.2, 0.25) is 0 Å². The number of nitrogens with zero attached hydrogens (tertiary/aromatic N) is 1. The van der Waals surface area contributed by atoms with Crippen LogP contribution in [0.3, 0.4) is 0 Å². The molecule has 18 heavy (non-hydrogen) atoms. The fraction of sp³-hybridized carbons (Fsp3) is 0.429. The molecule has 1 aliphatic rings. The van der Waals surface area contributed by atoms with Gasteiger partial charge in [-0.3, -0.25) is 4.79 Å². The lowest BCUT2D eigenvalue weighted by molar-refractivity contribution is 0.0934. The number of aromatic nitrogens is 1. The van der Waals surface area contributed by atoms with Crippen LogP contribution in [-0.4, -0.2) is 29.1 Å². The van der Waals surface area contributed by atoms with Crippen LogP contribution in [-0.2, 0) is 0 Å². The van der Waals surface area contributed by atoms with Crippen molar-refractivity contribution in [2.75, 3.05) is 13.2 Å². The van der Waals surface area contributed by atoms with Crippen molar-refractivity contribution in [1.82, 2.24) is 10.3 Å². The number of aliphatic hydroxyl groups excluding tert-OH is 1. The van der Waals surface area contributed by atoms with Gasteiger partial charge in [0.25, 0.3) is 5.91 Å². The molecule has 1 heterocycles. The summed E-state index contributed by atoms with van der Waals surface area (Å²) in [7, 11) is 0. The SMILES string of the molecule is O=C(NCC1CCC1)c1ncccc1C#CCO. The fourth-order valence-corrected chi connectivity index (χ4v) is 1.84. The van der Waals surface area contributed by atoms with Gasteiger partial charge in [0.05, 0.1) is 5.56 Å². The number of carbonyl (C=O) groups is 1. The quantitative estimate of drug-likeness (QED) is 0.778. The van der Waals surface area contributed by atoms with Gasteiger partial charge in [-0.2, -0.15) is 0 Å². The van der Waals surface area contributed by atoms with Crippen molar-refractivity contribution in [2.24, 2.45) is 5.92 Å². The van der Waals surface area contributed by atoms with E-state index in [0.717, 1.165) is 0 Å². The minimum atomic E-state index is -0.224. The van der Waals surface area contributed by atoms with Crippen LogP contribution in [0.1, 0.15) is 35.3 Å². The Morgan fingerprint density at radius 2 is 2.39 bits per heavy atom. The van der Waals surface area contributed by atoms with Crippen molar-refractivity contribution < 1.29 is 9.90 Å². The van der Waals surface area contributed by atoms with E-state index in [1.54, 1.807) is 18.3 Å². The zero-order valence-electron chi connectivity index (χ0n) is 10.1. The van der Waals surface area contributed by atoms with Gasteiger partial charge in [0.2, 0.25) is 0 Å². The van der Waals surface area contributed by atoms with Crippen molar-refractivity contribution in [2.45, 2.75) is 19.3 Å². The number of amides is 1. The van der Waals surface area contributed by atoms with E-state index in [-0.39, 0.29) is 12.5 Å². The molecule has 1 fully saturated rings. The van der Waals surface area contributed by atoms with Crippen LogP contribution >= 0.6 is 0 Å². The fourth-order valence-electron chi connectivity index (χ4n) is 1.84. The van der Waals surface area contributed by atoms with Gasteiger partial charge in [0.1, 0.15) is 12.3 Å².